The second kappa shape index (κ2) is 10.3. The molecule has 2 N–H and O–H groups in total. The third-order valence-corrected chi connectivity index (χ3v) is 5.86. The van der Waals surface area contributed by atoms with Crippen LogP contribution < -0.4 is 10.6 Å². The van der Waals surface area contributed by atoms with Gasteiger partial charge in [0.25, 0.3) is 0 Å². The van der Waals surface area contributed by atoms with Crippen molar-refractivity contribution in [2.75, 3.05) is 6.54 Å². The van der Waals surface area contributed by atoms with E-state index in [2.05, 4.69) is 57.4 Å². The Balaban J connectivity index is 1.42. The molecule has 0 fully saturated rings. The van der Waals surface area contributed by atoms with Crippen molar-refractivity contribution in [3.63, 3.8) is 0 Å². The molecule has 3 aromatic rings. The van der Waals surface area contributed by atoms with Crippen LogP contribution >= 0.6 is 0 Å². The number of hydrogen-bond acceptors (Lipinski definition) is 4. The lowest BCUT2D eigenvalue weighted by Crippen LogP contribution is -2.40. The van der Waals surface area contributed by atoms with Crippen molar-refractivity contribution in [1.29, 1.82) is 0 Å². The Morgan fingerprint density at radius 3 is 2.90 bits per heavy atom. The van der Waals surface area contributed by atoms with Gasteiger partial charge in [0, 0.05) is 19.5 Å². The van der Waals surface area contributed by atoms with Gasteiger partial charge in [0.15, 0.2) is 5.96 Å². The summed E-state index contributed by atoms with van der Waals surface area (Å²) in [7, 11) is 0. The highest BCUT2D eigenvalue weighted by atomic mass is 16.3. The molecule has 0 saturated heterocycles. The summed E-state index contributed by atoms with van der Waals surface area (Å²) in [5, 5.41) is 15.2. The average Bonchev–Trinajstić information content (AvgIpc) is 3.48. The first-order chi connectivity index (χ1) is 15.2. The maximum absolute atomic E-state index is 5.45. The van der Waals surface area contributed by atoms with E-state index >= 15 is 0 Å². The van der Waals surface area contributed by atoms with E-state index in [9.17, 15) is 0 Å². The van der Waals surface area contributed by atoms with Gasteiger partial charge >= 0.3 is 0 Å². The first-order valence-electron chi connectivity index (χ1n) is 11.3. The smallest absolute Gasteiger partial charge is 0.192 e. The lowest BCUT2D eigenvalue weighted by molar-refractivity contribution is 0.511. The minimum Gasteiger partial charge on any atom is -0.467 e. The fourth-order valence-corrected chi connectivity index (χ4v) is 4.06. The largest absolute Gasteiger partial charge is 0.467 e. The summed E-state index contributed by atoms with van der Waals surface area (Å²) in [5.41, 5.74) is 4.30. The summed E-state index contributed by atoms with van der Waals surface area (Å²) in [6, 6.07) is 10.9. The van der Waals surface area contributed by atoms with E-state index in [0.717, 1.165) is 37.1 Å². The molecular formula is C24H32N6O. The minimum absolute atomic E-state index is 0.149. The molecule has 1 aliphatic rings. The van der Waals surface area contributed by atoms with Crippen molar-refractivity contribution >= 4 is 5.96 Å². The molecule has 1 aliphatic carbocycles. The van der Waals surface area contributed by atoms with Crippen LogP contribution in [0.4, 0.5) is 0 Å². The molecular weight excluding hydrogens is 388 g/mol. The Labute approximate surface area is 184 Å². The molecule has 7 heteroatoms. The Hall–Kier alpha value is -3.09. The predicted octanol–water partition coefficient (Wildman–Crippen LogP) is 3.81. The average molecular weight is 421 g/mol. The normalized spacial score (nSPS) is 14.8. The van der Waals surface area contributed by atoms with Gasteiger partial charge in [-0.1, -0.05) is 25.1 Å². The van der Waals surface area contributed by atoms with Crippen molar-refractivity contribution < 1.29 is 4.42 Å². The number of hydrogen-bond donors (Lipinski definition) is 2. The molecule has 4 rings (SSSR count). The molecule has 2 heterocycles. The van der Waals surface area contributed by atoms with Crippen molar-refractivity contribution in [2.24, 2.45) is 4.99 Å². The zero-order valence-electron chi connectivity index (χ0n) is 18.5. The van der Waals surface area contributed by atoms with Gasteiger partial charge in [-0.2, -0.15) is 0 Å². The van der Waals surface area contributed by atoms with E-state index in [4.69, 9.17) is 9.41 Å². The highest BCUT2D eigenvalue weighted by Gasteiger charge is 2.14. The van der Waals surface area contributed by atoms with E-state index in [0.29, 0.717) is 6.54 Å². The maximum Gasteiger partial charge on any atom is 0.192 e. The monoisotopic (exact) mass is 420 g/mol. The van der Waals surface area contributed by atoms with Gasteiger partial charge in [-0.25, -0.2) is 4.99 Å². The molecule has 2 aromatic heterocycles. The number of nitrogens with one attached hydrogen (secondary N) is 2. The van der Waals surface area contributed by atoms with Gasteiger partial charge in [0.1, 0.15) is 24.5 Å². The molecule has 0 spiro atoms. The number of benzene rings is 1. The van der Waals surface area contributed by atoms with Gasteiger partial charge in [-0.05, 0) is 61.4 Å². The van der Waals surface area contributed by atoms with Gasteiger partial charge in [-0.15, -0.1) is 10.2 Å². The summed E-state index contributed by atoms with van der Waals surface area (Å²) in [4.78, 5) is 4.74. The van der Waals surface area contributed by atoms with Crippen LogP contribution in [0.5, 0.6) is 0 Å². The summed E-state index contributed by atoms with van der Waals surface area (Å²) in [6.07, 6.45) is 9.32. The van der Waals surface area contributed by atoms with Crippen molar-refractivity contribution in [3.05, 3.63) is 71.2 Å². The van der Waals surface area contributed by atoms with Crippen LogP contribution in [0.3, 0.4) is 0 Å². The second-order valence-corrected chi connectivity index (χ2v) is 8.07. The van der Waals surface area contributed by atoms with Crippen LogP contribution in [-0.2, 0) is 32.4 Å². The molecule has 0 radical (unpaired) electrons. The molecule has 0 aliphatic heterocycles. The van der Waals surface area contributed by atoms with Crippen LogP contribution in [0.1, 0.15) is 61.0 Å². The molecule has 0 saturated carbocycles. The summed E-state index contributed by atoms with van der Waals surface area (Å²) < 4.78 is 7.52. The molecule has 0 amide bonds. The lowest BCUT2D eigenvalue weighted by Gasteiger charge is -2.22. The van der Waals surface area contributed by atoms with E-state index in [1.54, 1.807) is 12.6 Å². The number of aromatic nitrogens is 3. The summed E-state index contributed by atoms with van der Waals surface area (Å²) in [6.45, 7) is 6.28. The highest BCUT2D eigenvalue weighted by molar-refractivity contribution is 5.80. The first-order valence-corrected chi connectivity index (χ1v) is 11.3. The number of guanidine groups is 1. The number of rotatable bonds is 8. The number of furan rings is 1. The van der Waals surface area contributed by atoms with Gasteiger partial charge < -0.3 is 19.6 Å². The van der Waals surface area contributed by atoms with Crippen LogP contribution in [-0.4, -0.2) is 27.3 Å². The zero-order chi connectivity index (χ0) is 21.5. The molecule has 31 heavy (non-hydrogen) atoms. The van der Waals surface area contributed by atoms with Gasteiger partial charge in [0.05, 0.1) is 12.3 Å². The van der Waals surface area contributed by atoms with Crippen LogP contribution in [0.15, 0.2) is 52.3 Å². The molecule has 0 bridgehead atoms. The SMILES string of the molecule is CCc1nncn1CCNC(=NCc1ccco1)NC(C)c1ccc2c(c1)CCCC2. The molecule has 164 valence electrons. The predicted molar refractivity (Wildman–Crippen MR) is 122 cm³/mol. The Morgan fingerprint density at radius 1 is 1.23 bits per heavy atom. The quantitative estimate of drug-likeness (QED) is 0.428. The lowest BCUT2D eigenvalue weighted by atomic mass is 9.89. The zero-order valence-corrected chi connectivity index (χ0v) is 18.5. The Bertz CT molecular complexity index is 991. The van der Waals surface area contributed by atoms with E-state index in [1.165, 1.54) is 42.4 Å². The van der Waals surface area contributed by atoms with Crippen molar-refractivity contribution in [1.82, 2.24) is 25.4 Å². The number of aliphatic imine (C=N–C) groups is 1. The topological polar surface area (TPSA) is 80.3 Å². The van der Waals surface area contributed by atoms with Crippen LogP contribution in [0.25, 0.3) is 0 Å². The first kappa shape index (κ1) is 21.2. The molecule has 1 unspecified atom stereocenters. The Morgan fingerprint density at radius 2 is 2.10 bits per heavy atom. The number of fused-ring (bicyclic) bond motifs is 1. The summed E-state index contributed by atoms with van der Waals surface area (Å²) >= 11 is 0. The summed E-state index contributed by atoms with van der Waals surface area (Å²) in [5.74, 6) is 2.61. The minimum atomic E-state index is 0.149. The molecule has 7 nitrogen and oxygen atoms in total. The van der Waals surface area contributed by atoms with Crippen LogP contribution in [0, 0.1) is 0 Å². The van der Waals surface area contributed by atoms with Crippen molar-refractivity contribution in [2.45, 2.75) is 65.1 Å². The third kappa shape index (κ3) is 5.54. The van der Waals surface area contributed by atoms with Crippen molar-refractivity contribution in [3.8, 4) is 0 Å². The molecule has 1 atom stereocenters. The third-order valence-electron chi connectivity index (χ3n) is 5.86. The van der Waals surface area contributed by atoms with Crippen LogP contribution in [0.2, 0.25) is 0 Å². The van der Waals surface area contributed by atoms with E-state index in [1.807, 2.05) is 12.1 Å². The van der Waals surface area contributed by atoms with Gasteiger partial charge in [0.2, 0.25) is 0 Å². The molecule has 1 aromatic carbocycles. The van der Waals surface area contributed by atoms with Gasteiger partial charge in [-0.3, -0.25) is 0 Å². The fraction of sp³-hybridized carbons (Fsp3) is 0.458. The maximum atomic E-state index is 5.45. The van der Waals surface area contributed by atoms with E-state index < -0.39 is 0 Å². The Kier molecular flexibility index (Phi) is 7.02. The second-order valence-electron chi connectivity index (χ2n) is 8.07. The highest BCUT2D eigenvalue weighted by Crippen LogP contribution is 2.24. The standard InChI is InChI=1S/C24H32N6O/c1-3-23-29-27-17-30(23)13-12-25-24(26-16-22-9-6-14-31-22)28-18(2)20-11-10-19-7-4-5-8-21(19)15-20/h6,9-11,14-15,17-18H,3-5,7-8,12-13,16H2,1-2H3,(H2,25,26,28). The number of aryl methyl sites for hydroxylation is 3. The van der Waals surface area contributed by atoms with E-state index in [-0.39, 0.29) is 6.04 Å². The number of nitrogens with zero attached hydrogens (tertiary/aromatic N) is 4. The fourth-order valence-electron chi connectivity index (χ4n) is 4.06.